The average molecular weight is 314 g/mol. The van der Waals surface area contributed by atoms with Gasteiger partial charge in [-0.2, -0.15) is 0 Å². The Labute approximate surface area is 131 Å². The molecule has 3 unspecified atom stereocenters. The van der Waals surface area contributed by atoms with Crippen LogP contribution in [0.5, 0.6) is 0 Å². The molecule has 4 rings (SSSR count). The molecule has 4 aliphatic rings. The quantitative estimate of drug-likeness (QED) is 0.536. The monoisotopic (exact) mass is 314 g/mol. The summed E-state index contributed by atoms with van der Waals surface area (Å²) in [5, 5.41) is 0. The highest BCUT2D eigenvalue weighted by Crippen LogP contribution is 2.56. The topological polar surface area (TPSA) is 86.7 Å². The van der Waals surface area contributed by atoms with Crippen LogP contribution in [0.4, 0.5) is 0 Å². The van der Waals surface area contributed by atoms with Gasteiger partial charge >= 0.3 is 23.9 Å². The Kier molecular flexibility index (Phi) is 2.76. The van der Waals surface area contributed by atoms with Crippen molar-refractivity contribution < 1.29 is 28.7 Å². The lowest BCUT2D eigenvalue weighted by Crippen LogP contribution is -2.40. The summed E-state index contributed by atoms with van der Waals surface area (Å²) in [5.41, 5.74) is 1.24. The molecule has 0 aromatic rings. The van der Waals surface area contributed by atoms with Gasteiger partial charge in [0.25, 0.3) is 0 Å². The van der Waals surface area contributed by atoms with Gasteiger partial charge in [0, 0.05) is 5.41 Å². The van der Waals surface area contributed by atoms with Gasteiger partial charge in [0.1, 0.15) is 0 Å². The van der Waals surface area contributed by atoms with E-state index in [9.17, 15) is 19.2 Å². The number of fused-ring (bicyclic) bond motifs is 2. The number of esters is 4. The molecule has 0 radical (unpaired) electrons. The van der Waals surface area contributed by atoms with Crippen LogP contribution in [-0.4, -0.2) is 23.9 Å². The van der Waals surface area contributed by atoms with Crippen molar-refractivity contribution in [3.05, 3.63) is 34.9 Å². The molecule has 0 saturated carbocycles. The number of carbonyl (C=O) groups excluding carboxylic acids is 4. The van der Waals surface area contributed by atoms with Crippen LogP contribution in [0.25, 0.3) is 0 Å². The van der Waals surface area contributed by atoms with E-state index in [-0.39, 0.29) is 12.8 Å². The van der Waals surface area contributed by atoms with Crippen LogP contribution in [0.3, 0.4) is 0 Å². The number of rotatable bonds is 1. The molecule has 6 heteroatoms. The highest BCUT2D eigenvalue weighted by atomic mass is 16.6. The molecule has 2 aliphatic heterocycles. The number of cyclic esters (lactones) is 4. The highest BCUT2D eigenvalue weighted by molar-refractivity contribution is 6.09. The third kappa shape index (κ3) is 1.81. The van der Waals surface area contributed by atoms with Gasteiger partial charge in [-0.1, -0.05) is 25.2 Å². The first-order valence-corrected chi connectivity index (χ1v) is 7.53. The second kappa shape index (κ2) is 4.50. The summed E-state index contributed by atoms with van der Waals surface area (Å²) in [7, 11) is 0. The zero-order chi connectivity index (χ0) is 16.4. The van der Waals surface area contributed by atoms with Gasteiger partial charge in [-0.05, 0) is 24.0 Å². The number of allylic oxidation sites excluding steroid dienone is 5. The van der Waals surface area contributed by atoms with Crippen molar-refractivity contribution in [3.8, 4) is 0 Å². The van der Waals surface area contributed by atoms with Crippen LogP contribution < -0.4 is 0 Å². The number of carbonyl (C=O) groups is 4. The summed E-state index contributed by atoms with van der Waals surface area (Å²) in [5.74, 6) is -3.59. The van der Waals surface area contributed by atoms with Crippen molar-refractivity contribution in [2.75, 3.05) is 0 Å². The fraction of sp³-hybridized carbons (Fsp3) is 0.412. The van der Waals surface area contributed by atoms with Crippen molar-refractivity contribution in [2.24, 2.45) is 17.3 Å². The molecule has 0 aromatic heterocycles. The van der Waals surface area contributed by atoms with E-state index in [1.54, 1.807) is 0 Å². The maximum atomic E-state index is 12.1. The van der Waals surface area contributed by atoms with Crippen LogP contribution in [0.1, 0.15) is 26.2 Å². The van der Waals surface area contributed by atoms with E-state index in [2.05, 4.69) is 0 Å². The van der Waals surface area contributed by atoms with Crippen molar-refractivity contribution in [3.63, 3.8) is 0 Å². The standard InChI is InChI=1S/C17H14O6/c1-17(11-6-12(18)22-15(11)20)7-9-13(16(21)23-14(9)19)8-4-2-3-5-10(8)17/h2-3,5,9,11H,4,6-7H2,1H3. The van der Waals surface area contributed by atoms with Gasteiger partial charge in [0.2, 0.25) is 0 Å². The van der Waals surface area contributed by atoms with Crippen molar-refractivity contribution in [1.29, 1.82) is 0 Å². The Morgan fingerprint density at radius 2 is 1.91 bits per heavy atom. The fourth-order valence-electron chi connectivity index (χ4n) is 4.17. The minimum Gasteiger partial charge on any atom is -0.393 e. The zero-order valence-corrected chi connectivity index (χ0v) is 12.5. The van der Waals surface area contributed by atoms with E-state index < -0.39 is 41.1 Å². The lowest BCUT2D eigenvalue weighted by Gasteiger charge is -2.42. The highest BCUT2D eigenvalue weighted by Gasteiger charge is 2.57. The summed E-state index contributed by atoms with van der Waals surface area (Å²) < 4.78 is 9.50. The minimum atomic E-state index is -0.735. The van der Waals surface area contributed by atoms with Gasteiger partial charge < -0.3 is 9.47 Å². The van der Waals surface area contributed by atoms with Crippen LogP contribution >= 0.6 is 0 Å². The summed E-state index contributed by atoms with van der Waals surface area (Å²) in [4.78, 5) is 47.7. The van der Waals surface area contributed by atoms with Crippen molar-refractivity contribution >= 4 is 23.9 Å². The molecule has 0 N–H and O–H groups in total. The third-order valence-electron chi connectivity index (χ3n) is 5.30. The molecule has 2 aliphatic carbocycles. The fourth-order valence-corrected chi connectivity index (χ4v) is 4.17. The lowest BCUT2D eigenvalue weighted by molar-refractivity contribution is -0.156. The molecule has 23 heavy (non-hydrogen) atoms. The van der Waals surface area contributed by atoms with Crippen LogP contribution in [0, 0.1) is 17.3 Å². The summed E-state index contributed by atoms with van der Waals surface area (Å²) in [6.45, 7) is 1.86. The van der Waals surface area contributed by atoms with Gasteiger partial charge in [0.05, 0.1) is 23.8 Å². The normalized spacial score (nSPS) is 35.8. The van der Waals surface area contributed by atoms with Crippen LogP contribution in [0.2, 0.25) is 0 Å². The van der Waals surface area contributed by atoms with Gasteiger partial charge in [-0.15, -0.1) is 0 Å². The maximum Gasteiger partial charge on any atom is 0.342 e. The van der Waals surface area contributed by atoms with Crippen LogP contribution in [0.15, 0.2) is 34.9 Å². The van der Waals surface area contributed by atoms with E-state index in [1.807, 2.05) is 25.2 Å². The second-order valence-corrected chi connectivity index (χ2v) is 6.54. The Morgan fingerprint density at radius 3 is 2.61 bits per heavy atom. The summed E-state index contributed by atoms with van der Waals surface area (Å²) in [6.07, 6.45) is 6.38. The molecule has 3 atom stereocenters. The average Bonchev–Trinajstić information content (AvgIpc) is 2.99. The number of hydrogen-bond acceptors (Lipinski definition) is 6. The van der Waals surface area contributed by atoms with Crippen LogP contribution in [-0.2, 0) is 28.7 Å². The van der Waals surface area contributed by atoms with E-state index >= 15 is 0 Å². The van der Waals surface area contributed by atoms with Crippen molar-refractivity contribution in [2.45, 2.75) is 26.2 Å². The first-order valence-electron chi connectivity index (χ1n) is 7.53. The molecular formula is C17H14O6. The minimum absolute atomic E-state index is 0.00524. The van der Waals surface area contributed by atoms with Gasteiger partial charge in [-0.25, -0.2) is 4.79 Å². The predicted molar refractivity (Wildman–Crippen MR) is 75.4 cm³/mol. The summed E-state index contributed by atoms with van der Waals surface area (Å²) in [6, 6.07) is 0. The maximum absolute atomic E-state index is 12.1. The largest absolute Gasteiger partial charge is 0.393 e. The van der Waals surface area contributed by atoms with E-state index in [0.717, 1.165) is 11.1 Å². The molecule has 2 fully saturated rings. The number of hydrogen-bond donors (Lipinski definition) is 0. The molecule has 118 valence electrons. The molecular weight excluding hydrogens is 300 g/mol. The SMILES string of the molecule is CC1(C2CC(=O)OC2=O)CC2C(=O)OC(=O)C2=C2CC=CC=C21. The lowest BCUT2D eigenvalue weighted by atomic mass is 9.58. The molecule has 2 heterocycles. The first kappa shape index (κ1) is 14.1. The number of ether oxygens (including phenoxy) is 2. The third-order valence-corrected chi connectivity index (χ3v) is 5.30. The van der Waals surface area contributed by atoms with Gasteiger partial charge in [0.15, 0.2) is 0 Å². The first-order chi connectivity index (χ1) is 10.9. The van der Waals surface area contributed by atoms with E-state index in [0.29, 0.717) is 12.0 Å². The second-order valence-electron chi connectivity index (χ2n) is 6.54. The molecule has 0 aromatic carbocycles. The van der Waals surface area contributed by atoms with E-state index in [1.165, 1.54) is 0 Å². The Hall–Kier alpha value is -2.50. The smallest absolute Gasteiger partial charge is 0.342 e. The van der Waals surface area contributed by atoms with E-state index in [4.69, 9.17) is 9.47 Å². The predicted octanol–water partition coefficient (Wildman–Crippen LogP) is 1.37. The summed E-state index contributed by atoms with van der Waals surface area (Å²) >= 11 is 0. The van der Waals surface area contributed by atoms with Crippen molar-refractivity contribution in [1.82, 2.24) is 0 Å². The Balaban J connectivity index is 1.88. The van der Waals surface area contributed by atoms with Gasteiger partial charge in [-0.3, -0.25) is 14.4 Å². The molecule has 0 amide bonds. The Morgan fingerprint density at radius 1 is 1.13 bits per heavy atom. The zero-order valence-electron chi connectivity index (χ0n) is 12.5. The molecule has 0 spiro atoms. The molecule has 0 bridgehead atoms. The molecule has 2 saturated heterocycles. The molecule has 6 nitrogen and oxygen atoms in total. The Bertz CT molecular complexity index is 768.